The molecule has 6 nitrogen and oxygen atoms in total. The number of hydrogen-bond acceptors (Lipinski definition) is 6. The van der Waals surface area contributed by atoms with Crippen molar-refractivity contribution in [3.05, 3.63) is 11.6 Å². The molecule has 4 fully saturated rings. The highest BCUT2D eigenvalue weighted by Crippen LogP contribution is 2.75. The zero-order valence-corrected chi connectivity index (χ0v) is 19.7. The van der Waals surface area contributed by atoms with Crippen LogP contribution in [0.15, 0.2) is 11.6 Å². The number of carbonyl (C=O) groups is 2. The van der Waals surface area contributed by atoms with E-state index in [1.54, 1.807) is 6.92 Å². The Kier molecular flexibility index (Phi) is 4.84. The minimum absolute atomic E-state index is 0.00710. The van der Waals surface area contributed by atoms with E-state index >= 15 is 0 Å². The molecule has 6 heteroatoms. The van der Waals surface area contributed by atoms with E-state index in [0.717, 1.165) is 51.4 Å². The molecule has 8 atom stereocenters. The van der Waals surface area contributed by atoms with Crippen LogP contribution in [0.25, 0.3) is 0 Å². The third-order valence-electron chi connectivity index (χ3n) is 10.1. The number of rotatable bonds is 3. The third kappa shape index (κ3) is 2.61. The molecule has 0 N–H and O–H groups in total. The second-order valence-electron chi connectivity index (χ2n) is 11.2. The number of nitrogens with zero attached hydrogens (tertiary/aromatic N) is 1. The van der Waals surface area contributed by atoms with Gasteiger partial charge in [-0.15, -0.1) is 0 Å². The van der Waals surface area contributed by atoms with Gasteiger partial charge in [-0.2, -0.15) is 5.26 Å². The summed E-state index contributed by atoms with van der Waals surface area (Å²) in [6.07, 6.45) is 10.1. The van der Waals surface area contributed by atoms with Crippen LogP contribution in [0.2, 0.25) is 0 Å². The highest BCUT2D eigenvalue weighted by atomic mass is 16.7. The van der Waals surface area contributed by atoms with Gasteiger partial charge < -0.3 is 14.2 Å². The molecule has 1 heterocycles. The maximum Gasteiger partial charge on any atom is 0.356 e. The average Bonchev–Trinajstić information content (AvgIpc) is 3.34. The largest absolute Gasteiger partial charge is 0.463 e. The van der Waals surface area contributed by atoms with Gasteiger partial charge in [-0.25, -0.2) is 4.79 Å². The molecule has 0 aromatic heterocycles. The van der Waals surface area contributed by atoms with Crippen LogP contribution < -0.4 is 0 Å². The predicted molar refractivity (Wildman–Crippen MR) is 116 cm³/mol. The minimum Gasteiger partial charge on any atom is -0.463 e. The molecular weight excluding hydrogens is 406 g/mol. The lowest BCUT2D eigenvalue weighted by atomic mass is 9.47. The summed E-state index contributed by atoms with van der Waals surface area (Å²) >= 11 is 0. The van der Waals surface area contributed by atoms with Crippen molar-refractivity contribution in [3.63, 3.8) is 0 Å². The Labute approximate surface area is 190 Å². The number of esters is 2. The first kappa shape index (κ1) is 21.9. The fourth-order valence-corrected chi connectivity index (χ4v) is 8.54. The Morgan fingerprint density at radius 3 is 2.62 bits per heavy atom. The lowest BCUT2D eigenvalue weighted by molar-refractivity contribution is -0.149. The van der Waals surface area contributed by atoms with Crippen LogP contribution in [0.5, 0.6) is 0 Å². The zero-order valence-electron chi connectivity index (χ0n) is 19.7. The summed E-state index contributed by atoms with van der Waals surface area (Å²) < 4.78 is 17.0. The Hall–Kier alpha value is -1.87. The van der Waals surface area contributed by atoms with Crippen LogP contribution in [-0.2, 0) is 23.8 Å². The van der Waals surface area contributed by atoms with Crippen LogP contribution in [0.1, 0.15) is 79.1 Å². The maximum absolute atomic E-state index is 12.7. The molecule has 0 aromatic carbocycles. The van der Waals surface area contributed by atoms with E-state index in [0.29, 0.717) is 17.8 Å². The second kappa shape index (κ2) is 7.06. The van der Waals surface area contributed by atoms with Gasteiger partial charge in [-0.3, -0.25) is 4.79 Å². The first-order chi connectivity index (χ1) is 15.2. The van der Waals surface area contributed by atoms with E-state index in [9.17, 15) is 14.9 Å². The molecule has 0 unspecified atom stereocenters. The maximum atomic E-state index is 12.7. The van der Waals surface area contributed by atoms with Gasteiger partial charge in [0.05, 0.1) is 6.61 Å². The summed E-state index contributed by atoms with van der Waals surface area (Å²) in [5, 5.41) is 9.98. The minimum atomic E-state index is -1.43. The van der Waals surface area contributed by atoms with Crippen LogP contribution in [-0.4, -0.2) is 35.9 Å². The van der Waals surface area contributed by atoms with Crippen molar-refractivity contribution in [2.24, 2.45) is 28.6 Å². The fourth-order valence-electron chi connectivity index (χ4n) is 8.54. The molecule has 1 spiro atoms. The van der Waals surface area contributed by atoms with Gasteiger partial charge in [0.25, 0.3) is 5.60 Å². The number of allylic oxidation sites excluding steroid dienone is 1. The molecule has 1 aliphatic heterocycles. The molecule has 5 aliphatic rings. The average molecular weight is 442 g/mol. The monoisotopic (exact) mass is 441 g/mol. The molecule has 5 rings (SSSR count). The van der Waals surface area contributed by atoms with Gasteiger partial charge in [-0.1, -0.05) is 25.5 Å². The summed E-state index contributed by atoms with van der Waals surface area (Å²) in [4.78, 5) is 24.2. The van der Waals surface area contributed by atoms with Crippen LogP contribution in [0.3, 0.4) is 0 Å². The van der Waals surface area contributed by atoms with Crippen molar-refractivity contribution in [1.29, 1.82) is 5.26 Å². The fraction of sp³-hybridized carbons (Fsp3) is 0.808. The van der Waals surface area contributed by atoms with Gasteiger partial charge in [0.15, 0.2) is 0 Å². The van der Waals surface area contributed by atoms with Gasteiger partial charge in [0.1, 0.15) is 17.8 Å². The van der Waals surface area contributed by atoms with Gasteiger partial charge in [0, 0.05) is 18.8 Å². The molecule has 0 radical (unpaired) electrons. The van der Waals surface area contributed by atoms with Crippen LogP contribution in [0, 0.1) is 39.9 Å². The van der Waals surface area contributed by atoms with E-state index in [2.05, 4.69) is 26.0 Å². The number of carbonyl (C=O) groups excluding carboxylic acids is 2. The van der Waals surface area contributed by atoms with E-state index < -0.39 is 17.2 Å². The van der Waals surface area contributed by atoms with Crippen molar-refractivity contribution < 1.29 is 23.8 Å². The highest BCUT2D eigenvalue weighted by molar-refractivity contribution is 5.89. The number of ether oxygens (including phenoxy) is 3. The first-order valence-electron chi connectivity index (χ1n) is 12.3. The second-order valence-corrected chi connectivity index (χ2v) is 11.2. The smallest absolute Gasteiger partial charge is 0.356 e. The Morgan fingerprint density at radius 1 is 1.19 bits per heavy atom. The summed E-state index contributed by atoms with van der Waals surface area (Å²) in [5.41, 5.74) is -0.703. The molecule has 0 aromatic rings. The van der Waals surface area contributed by atoms with Crippen molar-refractivity contribution >= 4 is 11.9 Å². The van der Waals surface area contributed by atoms with Gasteiger partial charge in [0.2, 0.25) is 0 Å². The Balaban J connectivity index is 1.41. The van der Waals surface area contributed by atoms with Crippen LogP contribution in [0.4, 0.5) is 0 Å². The number of nitriles is 1. The standard InChI is InChI=1S/C26H35NO5/c1-5-30-22(29)25(15-27)26(32-25)13-10-21-19-7-6-17-14-18(31-16(2)28)8-11-23(17,3)20(19)9-12-24(21,26)4/h6,18-21H,5,7-14H2,1-4H3/t18-,19-,20+,21-,23+,24+,25+,26-/m1/s1. The Morgan fingerprint density at radius 2 is 1.94 bits per heavy atom. The zero-order chi connectivity index (χ0) is 22.9. The van der Waals surface area contributed by atoms with Gasteiger partial charge >= 0.3 is 11.9 Å². The summed E-state index contributed by atoms with van der Waals surface area (Å²) in [5.74, 6) is 0.867. The first-order valence-corrected chi connectivity index (χ1v) is 12.3. The van der Waals surface area contributed by atoms with E-state index in [1.807, 2.05) is 0 Å². The molecule has 4 aliphatic carbocycles. The van der Waals surface area contributed by atoms with E-state index in [1.165, 1.54) is 12.5 Å². The number of fused-ring (bicyclic) bond motifs is 6. The lowest BCUT2D eigenvalue weighted by Crippen LogP contribution is -2.53. The molecular formula is C26H35NO5. The summed E-state index contributed by atoms with van der Waals surface area (Å²) in [6.45, 7) is 8.20. The molecule has 0 bridgehead atoms. The Bertz CT molecular complexity index is 922. The molecule has 1 saturated heterocycles. The SMILES string of the molecule is CCOC(=O)[C@]1(C#N)O[C@@]12CC[C@@H]1[C@@H]3CC=C4C[C@H](OC(C)=O)CC[C@]4(C)[C@H]3CC[C@@]12C. The van der Waals surface area contributed by atoms with E-state index in [4.69, 9.17) is 14.2 Å². The van der Waals surface area contributed by atoms with Crippen molar-refractivity contribution in [1.82, 2.24) is 0 Å². The number of epoxide rings is 1. The number of hydrogen-bond donors (Lipinski definition) is 0. The topological polar surface area (TPSA) is 88.9 Å². The lowest BCUT2D eigenvalue weighted by Gasteiger charge is -2.57. The quantitative estimate of drug-likeness (QED) is 0.365. The van der Waals surface area contributed by atoms with Crippen molar-refractivity contribution in [2.75, 3.05) is 6.61 Å². The van der Waals surface area contributed by atoms with Crippen molar-refractivity contribution in [3.8, 4) is 6.07 Å². The summed E-state index contributed by atoms with van der Waals surface area (Å²) in [6, 6.07) is 2.22. The third-order valence-corrected chi connectivity index (χ3v) is 10.1. The van der Waals surface area contributed by atoms with Crippen LogP contribution >= 0.6 is 0 Å². The molecule has 3 saturated carbocycles. The van der Waals surface area contributed by atoms with Gasteiger partial charge in [-0.05, 0) is 75.0 Å². The summed E-state index contributed by atoms with van der Waals surface area (Å²) in [7, 11) is 0. The normalized spacial score (nSPS) is 48.5. The highest BCUT2D eigenvalue weighted by Gasteiger charge is 2.86. The molecule has 32 heavy (non-hydrogen) atoms. The van der Waals surface area contributed by atoms with Crippen molar-refractivity contribution in [2.45, 2.75) is 96.4 Å². The molecule has 0 amide bonds. The predicted octanol–water partition coefficient (Wildman–Crippen LogP) is 4.48. The molecule has 174 valence electrons. The van der Waals surface area contributed by atoms with E-state index in [-0.39, 0.29) is 29.5 Å².